The van der Waals surface area contributed by atoms with Gasteiger partial charge in [0, 0.05) is 11.8 Å². The number of pyridine rings is 1. The molecule has 3 rings (SSSR count). The zero-order valence-corrected chi connectivity index (χ0v) is 14.2. The van der Waals surface area contributed by atoms with Crippen molar-refractivity contribution in [3.63, 3.8) is 0 Å². The number of aryl methyl sites for hydroxylation is 2. The van der Waals surface area contributed by atoms with E-state index in [-0.39, 0.29) is 17.5 Å². The van der Waals surface area contributed by atoms with Gasteiger partial charge in [-0.1, -0.05) is 31.2 Å². The largest absolute Gasteiger partial charge is 0.504 e. The number of thiazole rings is 1. The summed E-state index contributed by atoms with van der Waals surface area (Å²) in [6.45, 7) is 3.91. The molecule has 2 N–H and O–H groups in total. The molecule has 0 aliphatic carbocycles. The second-order valence-electron chi connectivity index (χ2n) is 5.31. The molecule has 5 nitrogen and oxygen atoms in total. The minimum Gasteiger partial charge on any atom is -0.504 e. The van der Waals surface area contributed by atoms with Gasteiger partial charge >= 0.3 is 0 Å². The molecule has 24 heavy (non-hydrogen) atoms. The topological polar surface area (TPSA) is 75.1 Å². The van der Waals surface area contributed by atoms with E-state index in [4.69, 9.17) is 0 Å². The maximum absolute atomic E-state index is 12.4. The number of hydrogen-bond acceptors (Lipinski definition) is 5. The summed E-state index contributed by atoms with van der Waals surface area (Å²) in [5.74, 6) is -0.247. The third kappa shape index (κ3) is 3.28. The molecule has 0 bridgehead atoms. The summed E-state index contributed by atoms with van der Waals surface area (Å²) in [5, 5.41) is 13.1. The lowest BCUT2D eigenvalue weighted by Gasteiger charge is -2.04. The minimum atomic E-state index is -0.324. The highest BCUT2D eigenvalue weighted by atomic mass is 32.1. The third-order valence-corrected chi connectivity index (χ3v) is 4.84. The van der Waals surface area contributed by atoms with Crippen molar-refractivity contribution in [3.05, 3.63) is 58.7 Å². The quantitative estimate of drug-likeness (QED) is 0.752. The van der Waals surface area contributed by atoms with Crippen LogP contribution in [-0.4, -0.2) is 21.0 Å². The van der Waals surface area contributed by atoms with E-state index >= 15 is 0 Å². The standard InChI is InChI=1S/C18H17N3O2S/c1-3-12-6-8-13(9-7-12)18-20-11(2)15(24-18)17(23)21-16-14(22)5-4-10-19-16/h4-10,22H,3H2,1-2H3,(H,19,21,23). The van der Waals surface area contributed by atoms with E-state index in [1.165, 1.54) is 29.2 Å². The Morgan fingerprint density at radius 2 is 2.00 bits per heavy atom. The summed E-state index contributed by atoms with van der Waals surface area (Å²) >= 11 is 1.33. The van der Waals surface area contributed by atoms with Crippen LogP contribution < -0.4 is 5.32 Å². The fourth-order valence-electron chi connectivity index (χ4n) is 2.27. The number of hydrogen-bond donors (Lipinski definition) is 2. The highest BCUT2D eigenvalue weighted by Crippen LogP contribution is 2.29. The highest BCUT2D eigenvalue weighted by molar-refractivity contribution is 7.17. The summed E-state index contributed by atoms with van der Waals surface area (Å²) in [5.41, 5.74) is 2.90. The molecule has 0 atom stereocenters. The van der Waals surface area contributed by atoms with Crippen LogP contribution >= 0.6 is 11.3 Å². The molecule has 0 spiro atoms. The van der Waals surface area contributed by atoms with Crippen LogP contribution in [0.3, 0.4) is 0 Å². The minimum absolute atomic E-state index is 0.0663. The van der Waals surface area contributed by atoms with E-state index in [0.29, 0.717) is 10.6 Å². The van der Waals surface area contributed by atoms with Gasteiger partial charge in [-0.15, -0.1) is 11.3 Å². The summed E-state index contributed by atoms with van der Waals surface area (Å²) in [7, 11) is 0. The van der Waals surface area contributed by atoms with Crippen LogP contribution in [0.1, 0.15) is 27.9 Å². The number of carbonyl (C=O) groups is 1. The Morgan fingerprint density at radius 1 is 1.25 bits per heavy atom. The molecule has 0 fully saturated rings. The fraction of sp³-hybridized carbons (Fsp3) is 0.167. The monoisotopic (exact) mass is 339 g/mol. The maximum atomic E-state index is 12.4. The first kappa shape index (κ1) is 16.1. The van der Waals surface area contributed by atoms with Crippen LogP contribution in [0.4, 0.5) is 5.82 Å². The van der Waals surface area contributed by atoms with Gasteiger partial charge in [-0.05, 0) is 31.0 Å². The van der Waals surface area contributed by atoms with Crippen molar-refractivity contribution in [1.29, 1.82) is 0 Å². The first-order valence-corrected chi connectivity index (χ1v) is 8.42. The second kappa shape index (κ2) is 6.80. The van der Waals surface area contributed by atoms with Gasteiger partial charge < -0.3 is 10.4 Å². The summed E-state index contributed by atoms with van der Waals surface area (Å²) in [6.07, 6.45) is 2.49. The Balaban J connectivity index is 1.85. The van der Waals surface area contributed by atoms with Crippen LogP contribution in [0.2, 0.25) is 0 Å². The normalized spacial score (nSPS) is 10.6. The third-order valence-electron chi connectivity index (χ3n) is 3.63. The number of aromatic nitrogens is 2. The van der Waals surface area contributed by atoms with Crippen molar-refractivity contribution in [2.24, 2.45) is 0 Å². The van der Waals surface area contributed by atoms with Crippen LogP contribution in [0, 0.1) is 6.92 Å². The van der Waals surface area contributed by atoms with Crippen molar-refractivity contribution < 1.29 is 9.90 Å². The van der Waals surface area contributed by atoms with Crippen LogP contribution in [-0.2, 0) is 6.42 Å². The lowest BCUT2D eigenvalue weighted by Crippen LogP contribution is -2.12. The van der Waals surface area contributed by atoms with Gasteiger partial charge in [0.1, 0.15) is 9.88 Å². The number of anilines is 1. The van der Waals surface area contributed by atoms with Crippen molar-refractivity contribution in [2.45, 2.75) is 20.3 Å². The number of benzene rings is 1. The van der Waals surface area contributed by atoms with Crippen LogP contribution in [0.5, 0.6) is 5.75 Å². The molecule has 6 heteroatoms. The van der Waals surface area contributed by atoms with Gasteiger partial charge in [-0.2, -0.15) is 0 Å². The predicted molar refractivity (Wildman–Crippen MR) is 95.5 cm³/mol. The average Bonchev–Trinajstić information content (AvgIpc) is 2.99. The molecule has 0 unspecified atom stereocenters. The molecule has 0 aliphatic rings. The van der Waals surface area contributed by atoms with Gasteiger partial charge in [-0.3, -0.25) is 4.79 Å². The molecule has 0 saturated carbocycles. The van der Waals surface area contributed by atoms with E-state index in [9.17, 15) is 9.90 Å². The summed E-state index contributed by atoms with van der Waals surface area (Å²) < 4.78 is 0. The molecule has 3 aromatic rings. The van der Waals surface area contributed by atoms with Crippen molar-refractivity contribution in [3.8, 4) is 16.3 Å². The predicted octanol–water partition coefficient (Wildman–Crippen LogP) is 4.03. The zero-order chi connectivity index (χ0) is 17.1. The SMILES string of the molecule is CCc1ccc(-c2nc(C)c(C(=O)Nc3ncccc3O)s2)cc1. The van der Waals surface area contributed by atoms with Gasteiger partial charge in [0.25, 0.3) is 5.91 Å². The molecule has 1 aromatic carbocycles. The smallest absolute Gasteiger partial charge is 0.268 e. The molecular formula is C18H17N3O2S. The molecule has 2 heterocycles. The Hall–Kier alpha value is -2.73. The Labute approximate surface area is 144 Å². The number of rotatable bonds is 4. The Kier molecular flexibility index (Phi) is 4.57. The second-order valence-corrected chi connectivity index (χ2v) is 6.31. The van der Waals surface area contributed by atoms with E-state index in [2.05, 4.69) is 34.3 Å². The van der Waals surface area contributed by atoms with Crippen molar-refractivity contribution in [1.82, 2.24) is 9.97 Å². The van der Waals surface area contributed by atoms with Gasteiger partial charge in [0.15, 0.2) is 11.6 Å². The fourth-order valence-corrected chi connectivity index (χ4v) is 3.24. The van der Waals surface area contributed by atoms with Crippen LogP contribution in [0.25, 0.3) is 10.6 Å². The molecule has 122 valence electrons. The van der Waals surface area contributed by atoms with E-state index in [1.807, 2.05) is 12.1 Å². The zero-order valence-electron chi connectivity index (χ0n) is 13.4. The number of nitrogens with zero attached hydrogens (tertiary/aromatic N) is 2. The lowest BCUT2D eigenvalue weighted by atomic mass is 10.1. The number of carbonyl (C=O) groups excluding carboxylic acids is 1. The molecule has 2 aromatic heterocycles. The Morgan fingerprint density at radius 3 is 2.67 bits per heavy atom. The molecule has 1 amide bonds. The molecule has 0 aliphatic heterocycles. The van der Waals surface area contributed by atoms with Crippen molar-refractivity contribution >= 4 is 23.1 Å². The van der Waals surface area contributed by atoms with Gasteiger partial charge in [-0.25, -0.2) is 9.97 Å². The van der Waals surface area contributed by atoms with E-state index in [1.54, 1.807) is 13.0 Å². The van der Waals surface area contributed by atoms with Crippen molar-refractivity contribution in [2.75, 3.05) is 5.32 Å². The molecule has 0 saturated heterocycles. The van der Waals surface area contributed by atoms with E-state index < -0.39 is 0 Å². The van der Waals surface area contributed by atoms with Crippen LogP contribution in [0.15, 0.2) is 42.6 Å². The summed E-state index contributed by atoms with van der Waals surface area (Å²) in [6, 6.07) is 11.2. The van der Waals surface area contributed by atoms with Gasteiger partial charge in [0.2, 0.25) is 0 Å². The van der Waals surface area contributed by atoms with Gasteiger partial charge in [0.05, 0.1) is 5.69 Å². The number of amides is 1. The first-order chi connectivity index (χ1) is 11.6. The maximum Gasteiger partial charge on any atom is 0.268 e. The number of aromatic hydroxyl groups is 1. The van der Waals surface area contributed by atoms with E-state index in [0.717, 1.165) is 17.0 Å². The average molecular weight is 339 g/mol. The lowest BCUT2D eigenvalue weighted by molar-refractivity contribution is 0.102. The highest BCUT2D eigenvalue weighted by Gasteiger charge is 2.17. The Bertz CT molecular complexity index is 872. The molecular weight excluding hydrogens is 322 g/mol. The summed E-state index contributed by atoms with van der Waals surface area (Å²) in [4.78, 5) is 21.4. The molecule has 0 radical (unpaired) electrons. The first-order valence-electron chi connectivity index (χ1n) is 7.60. The number of nitrogens with one attached hydrogen (secondary N) is 1.